The van der Waals surface area contributed by atoms with Crippen molar-refractivity contribution in [3.05, 3.63) is 84.3 Å². The summed E-state index contributed by atoms with van der Waals surface area (Å²) in [6.45, 7) is 2.43. The number of carbonyl (C=O) groups excluding carboxylic acids is 2. The molecule has 0 radical (unpaired) electrons. The Balaban J connectivity index is 1.24. The molecule has 3 amide bonds. The Morgan fingerprint density at radius 1 is 0.939 bits per heavy atom. The monoisotopic (exact) mass is 445 g/mol. The van der Waals surface area contributed by atoms with Crippen molar-refractivity contribution < 1.29 is 14.3 Å². The summed E-state index contributed by atoms with van der Waals surface area (Å²) in [5, 5.41) is 2.72. The highest BCUT2D eigenvalue weighted by molar-refractivity contribution is 5.95. The number of urea groups is 1. The van der Waals surface area contributed by atoms with Crippen molar-refractivity contribution in [1.82, 2.24) is 19.8 Å². The van der Waals surface area contributed by atoms with Crippen LogP contribution in [0.2, 0.25) is 0 Å². The fourth-order valence-corrected chi connectivity index (χ4v) is 3.68. The van der Waals surface area contributed by atoms with Gasteiger partial charge >= 0.3 is 6.03 Å². The number of hydrogen-bond donors (Lipinski definition) is 1. The zero-order valence-electron chi connectivity index (χ0n) is 18.4. The number of nitrogens with one attached hydrogen (secondary N) is 1. The highest BCUT2D eigenvalue weighted by atomic mass is 16.5. The van der Waals surface area contributed by atoms with E-state index in [4.69, 9.17) is 4.74 Å². The Morgan fingerprint density at radius 3 is 2.48 bits per heavy atom. The summed E-state index contributed by atoms with van der Waals surface area (Å²) >= 11 is 0. The van der Waals surface area contributed by atoms with Crippen LogP contribution in [-0.2, 0) is 6.42 Å². The summed E-state index contributed by atoms with van der Waals surface area (Å²) in [6.07, 6.45) is 6.42. The maximum atomic E-state index is 13.0. The molecule has 4 rings (SSSR count). The molecule has 3 aromatic rings. The lowest BCUT2D eigenvalue weighted by Crippen LogP contribution is -2.51. The number of aryl methyl sites for hydroxylation is 1. The molecule has 1 fully saturated rings. The number of rotatable bonds is 7. The van der Waals surface area contributed by atoms with Crippen LogP contribution in [0.3, 0.4) is 0 Å². The fraction of sp³-hybridized carbons (Fsp3) is 0.280. The van der Waals surface area contributed by atoms with Gasteiger partial charge in [-0.15, -0.1) is 0 Å². The topological polar surface area (TPSA) is 87.7 Å². The van der Waals surface area contributed by atoms with E-state index in [1.807, 2.05) is 30.3 Å². The van der Waals surface area contributed by atoms with Crippen LogP contribution in [0.25, 0.3) is 0 Å². The fourth-order valence-electron chi connectivity index (χ4n) is 3.68. The molecule has 0 unspecified atom stereocenters. The number of aromatic nitrogens is 2. The number of carbonyl (C=O) groups is 2. The minimum absolute atomic E-state index is 0.0567. The van der Waals surface area contributed by atoms with Crippen LogP contribution in [0.4, 0.5) is 10.6 Å². The van der Waals surface area contributed by atoms with Crippen LogP contribution in [-0.4, -0.2) is 64.5 Å². The molecule has 0 aliphatic carbocycles. The molecular formula is C25H27N5O3. The molecule has 0 bridgehead atoms. The van der Waals surface area contributed by atoms with Crippen LogP contribution in [0, 0.1) is 0 Å². The number of ether oxygens (including phenoxy) is 1. The van der Waals surface area contributed by atoms with Crippen molar-refractivity contribution in [3.63, 3.8) is 0 Å². The quantitative estimate of drug-likeness (QED) is 0.563. The van der Waals surface area contributed by atoms with Crippen molar-refractivity contribution in [1.29, 1.82) is 0 Å². The Bertz CT molecular complexity index is 1050. The maximum Gasteiger partial charge on any atom is 0.323 e. The first-order chi connectivity index (χ1) is 16.2. The lowest BCUT2D eigenvalue weighted by molar-refractivity contribution is 0.0671. The summed E-state index contributed by atoms with van der Waals surface area (Å²) in [5.74, 6) is 1.04. The normalized spacial score (nSPS) is 13.5. The Hall–Kier alpha value is -3.94. The number of anilines is 1. The van der Waals surface area contributed by atoms with Crippen molar-refractivity contribution in [2.45, 2.75) is 12.8 Å². The second-order valence-corrected chi connectivity index (χ2v) is 7.77. The minimum atomic E-state index is -0.242. The molecule has 0 atom stereocenters. The van der Waals surface area contributed by atoms with Crippen molar-refractivity contribution in [2.24, 2.45) is 0 Å². The number of amides is 3. The Morgan fingerprint density at radius 2 is 1.73 bits per heavy atom. The van der Waals surface area contributed by atoms with E-state index in [1.54, 1.807) is 28.1 Å². The van der Waals surface area contributed by atoms with Gasteiger partial charge in [0.1, 0.15) is 5.75 Å². The van der Waals surface area contributed by atoms with Gasteiger partial charge in [0, 0.05) is 44.1 Å². The first-order valence-corrected chi connectivity index (χ1v) is 11.1. The molecular weight excluding hydrogens is 418 g/mol. The van der Waals surface area contributed by atoms with Gasteiger partial charge in [0.05, 0.1) is 12.8 Å². The van der Waals surface area contributed by atoms with Gasteiger partial charge in [0.15, 0.2) is 5.82 Å². The highest BCUT2D eigenvalue weighted by Crippen LogP contribution is 2.17. The van der Waals surface area contributed by atoms with Gasteiger partial charge in [0.2, 0.25) is 0 Å². The maximum absolute atomic E-state index is 13.0. The summed E-state index contributed by atoms with van der Waals surface area (Å²) in [5.41, 5.74) is 1.88. The lowest BCUT2D eigenvalue weighted by atomic mass is 10.1. The van der Waals surface area contributed by atoms with Crippen molar-refractivity contribution in [3.8, 4) is 5.75 Å². The van der Waals surface area contributed by atoms with E-state index >= 15 is 0 Å². The highest BCUT2D eigenvalue weighted by Gasteiger charge is 2.25. The second-order valence-electron chi connectivity index (χ2n) is 7.77. The third-order valence-corrected chi connectivity index (χ3v) is 5.45. The Kier molecular flexibility index (Phi) is 7.48. The zero-order chi connectivity index (χ0) is 22.9. The molecule has 2 heterocycles. The van der Waals surface area contributed by atoms with E-state index in [1.165, 1.54) is 18.0 Å². The molecule has 1 N–H and O–H groups in total. The zero-order valence-corrected chi connectivity index (χ0v) is 18.4. The average Bonchev–Trinajstić information content (AvgIpc) is 2.88. The number of nitrogens with zero attached hydrogens (tertiary/aromatic N) is 4. The van der Waals surface area contributed by atoms with Gasteiger partial charge < -0.3 is 14.5 Å². The van der Waals surface area contributed by atoms with Crippen LogP contribution in [0.1, 0.15) is 22.3 Å². The van der Waals surface area contributed by atoms with E-state index in [0.717, 1.165) is 12.8 Å². The summed E-state index contributed by atoms with van der Waals surface area (Å²) in [6, 6.07) is 17.4. The molecule has 1 aromatic heterocycles. The average molecular weight is 446 g/mol. The molecule has 0 saturated carbocycles. The number of piperazine rings is 1. The third kappa shape index (κ3) is 6.29. The summed E-state index contributed by atoms with van der Waals surface area (Å²) in [4.78, 5) is 36.8. The van der Waals surface area contributed by atoms with Crippen molar-refractivity contribution >= 4 is 17.8 Å². The van der Waals surface area contributed by atoms with Crippen molar-refractivity contribution in [2.75, 3.05) is 38.1 Å². The molecule has 1 aliphatic heterocycles. The van der Waals surface area contributed by atoms with Gasteiger partial charge in [-0.3, -0.25) is 15.1 Å². The Labute approximate surface area is 193 Å². The van der Waals surface area contributed by atoms with Gasteiger partial charge in [-0.2, -0.15) is 0 Å². The molecule has 8 heteroatoms. The van der Waals surface area contributed by atoms with Crippen LogP contribution in [0.15, 0.2) is 73.2 Å². The smallest absolute Gasteiger partial charge is 0.323 e. The molecule has 1 aliphatic rings. The van der Waals surface area contributed by atoms with E-state index in [9.17, 15) is 9.59 Å². The van der Waals surface area contributed by atoms with E-state index in [-0.39, 0.29) is 11.9 Å². The standard InChI is InChI=1S/C25H27N5O3/c31-24(29-13-15-30(16-14-29)25(32)28-23-19-26-11-12-27-23)21-9-4-10-22(18-21)33-17-5-8-20-6-2-1-3-7-20/h1-4,6-7,9-12,18-19H,5,8,13-17H2,(H,27,28,32). The number of hydrogen-bond acceptors (Lipinski definition) is 5. The largest absolute Gasteiger partial charge is 0.494 e. The number of benzene rings is 2. The van der Waals surface area contributed by atoms with E-state index < -0.39 is 0 Å². The molecule has 1 saturated heterocycles. The van der Waals surface area contributed by atoms with Gasteiger partial charge in [0.25, 0.3) is 5.91 Å². The van der Waals surface area contributed by atoms with Gasteiger partial charge in [-0.1, -0.05) is 36.4 Å². The van der Waals surface area contributed by atoms with Crippen LogP contribution >= 0.6 is 0 Å². The first-order valence-electron chi connectivity index (χ1n) is 11.1. The first kappa shape index (κ1) is 22.3. The molecule has 0 spiro atoms. The molecule has 8 nitrogen and oxygen atoms in total. The third-order valence-electron chi connectivity index (χ3n) is 5.45. The van der Waals surface area contributed by atoms with Crippen LogP contribution in [0.5, 0.6) is 5.75 Å². The molecule has 170 valence electrons. The SMILES string of the molecule is O=C(Nc1cnccn1)N1CCN(C(=O)c2cccc(OCCCc3ccccc3)c2)CC1. The predicted molar refractivity (Wildman–Crippen MR) is 125 cm³/mol. The summed E-state index contributed by atoms with van der Waals surface area (Å²) < 4.78 is 5.87. The second kappa shape index (κ2) is 11.1. The molecule has 33 heavy (non-hydrogen) atoms. The molecule has 2 aromatic carbocycles. The van der Waals surface area contributed by atoms with E-state index in [2.05, 4.69) is 27.4 Å². The minimum Gasteiger partial charge on any atom is -0.494 e. The predicted octanol–water partition coefficient (Wildman–Crippen LogP) is 3.48. The lowest BCUT2D eigenvalue weighted by Gasteiger charge is -2.34. The van der Waals surface area contributed by atoms with Crippen LogP contribution < -0.4 is 10.1 Å². The van der Waals surface area contributed by atoms with E-state index in [0.29, 0.717) is 49.9 Å². The van der Waals surface area contributed by atoms with Gasteiger partial charge in [-0.25, -0.2) is 9.78 Å². The summed E-state index contributed by atoms with van der Waals surface area (Å²) in [7, 11) is 0. The van der Waals surface area contributed by atoms with Gasteiger partial charge in [-0.05, 0) is 36.6 Å².